The van der Waals surface area contributed by atoms with E-state index in [1.165, 1.54) is 11.1 Å². The third-order valence-corrected chi connectivity index (χ3v) is 4.35. The average molecular weight is 348 g/mol. The largest absolute Gasteiger partial charge is 0.372 e. The second-order valence-corrected chi connectivity index (χ2v) is 6.37. The van der Waals surface area contributed by atoms with Gasteiger partial charge in [-0.2, -0.15) is 0 Å². The van der Waals surface area contributed by atoms with Crippen LogP contribution >= 0.6 is 0 Å². The lowest BCUT2D eigenvalue weighted by Gasteiger charge is -2.10. The Balaban J connectivity index is 0.00000117. The summed E-state index contributed by atoms with van der Waals surface area (Å²) < 4.78 is 5.90. The molecule has 0 saturated carbocycles. The van der Waals surface area contributed by atoms with Crippen LogP contribution in [-0.4, -0.2) is 6.29 Å². The molecule has 0 heterocycles. The highest BCUT2D eigenvalue weighted by atomic mass is 16.5. The van der Waals surface area contributed by atoms with Gasteiger partial charge in [0.1, 0.15) is 0 Å². The van der Waals surface area contributed by atoms with Crippen molar-refractivity contribution in [3.05, 3.63) is 82.9 Å². The van der Waals surface area contributed by atoms with Gasteiger partial charge in [-0.15, -0.1) is 0 Å². The monoisotopic (exact) mass is 348 g/mol. The maximum absolute atomic E-state index is 11.2. The van der Waals surface area contributed by atoms with E-state index in [-0.39, 0.29) is 0 Å². The number of rotatable bonds is 6. The van der Waals surface area contributed by atoms with Gasteiger partial charge in [0.05, 0.1) is 13.2 Å². The van der Waals surface area contributed by atoms with Crippen LogP contribution in [0.5, 0.6) is 0 Å². The van der Waals surface area contributed by atoms with Crippen molar-refractivity contribution < 1.29 is 9.53 Å². The molecule has 3 rings (SSSR count). The van der Waals surface area contributed by atoms with E-state index in [0.29, 0.717) is 19.1 Å². The van der Waals surface area contributed by atoms with E-state index in [1.807, 2.05) is 44.2 Å². The van der Waals surface area contributed by atoms with Crippen LogP contribution < -0.4 is 0 Å². The number of hydrogen-bond acceptors (Lipinski definition) is 2. The van der Waals surface area contributed by atoms with Gasteiger partial charge in [0.15, 0.2) is 6.29 Å². The molecule has 0 aliphatic heterocycles. The molecule has 0 N–H and O–H groups in total. The Morgan fingerprint density at radius 1 is 0.846 bits per heavy atom. The van der Waals surface area contributed by atoms with Crippen molar-refractivity contribution in [2.45, 2.75) is 46.8 Å². The predicted molar refractivity (Wildman–Crippen MR) is 110 cm³/mol. The van der Waals surface area contributed by atoms with Crippen molar-refractivity contribution in [2.24, 2.45) is 0 Å². The molecule has 136 valence electrons. The van der Waals surface area contributed by atoms with E-state index in [2.05, 4.69) is 44.2 Å². The van der Waals surface area contributed by atoms with Crippen molar-refractivity contribution >= 4 is 17.1 Å². The van der Waals surface area contributed by atoms with Gasteiger partial charge in [0, 0.05) is 5.56 Å². The van der Waals surface area contributed by atoms with Gasteiger partial charge in [-0.1, -0.05) is 88.4 Å². The van der Waals surface area contributed by atoms with Gasteiger partial charge in [-0.05, 0) is 33.4 Å². The molecule has 3 aromatic carbocycles. The summed E-state index contributed by atoms with van der Waals surface area (Å²) >= 11 is 0. The van der Waals surface area contributed by atoms with Gasteiger partial charge in [0.2, 0.25) is 0 Å². The molecule has 0 fully saturated rings. The second kappa shape index (κ2) is 9.88. The van der Waals surface area contributed by atoms with Gasteiger partial charge >= 0.3 is 0 Å². The highest BCUT2D eigenvalue weighted by molar-refractivity contribution is 5.99. The lowest BCUT2D eigenvalue weighted by Crippen LogP contribution is -1.96. The predicted octanol–water partition coefficient (Wildman–Crippen LogP) is 6.52. The van der Waals surface area contributed by atoms with Crippen LogP contribution in [0.25, 0.3) is 10.8 Å². The third-order valence-electron chi connectivity index (χ3n) is 4.35. The van der Waals surface area contributed by atoms with Crippen molar-refractivity contribution in [3.63, 3.8) is 0 Å². The molecule has 0 aromatic heterocycles. The van der Waals surface area contributed by atoms with E-state index in [9.17, 15) is 4.79 Å². The number of carbonyl (C=O) groups excluding carboxylic acids is 1. The van der Waals surface area contributed by atoms with E-state index < -0.39 is 0 Å². The first-order valence-electron chi connectivity index (χ1n) is 9.31. The summed E-state index contributed by atoms with van der Waals surface area (Å²) in [6.45, 7) is 9.51. The molecular formula is C24H28O2. The van der Waals surface area contributed by atoms with Crippen LogP contribution in [0.4, 0.5) is 0 Å². The Morgan fingerprint density at radius 2 is 1.50 bits per heavy atom. The topological polar surface area (TPSA) is 26.3 Å². The lowest BCUT2D eigenvalue weighted by atomic mass is 10.0. The fourth-order valence-electron chi connectivity index (χ4n) is 2.91. The Hall–Kier alpha value is -2.45. The summed E-state index contributed by atoms with van der Waals surface area (Å²) in [7, 11) is 0. The molecule has 2 nitrogen and oxygen atoms in total. The molecule has 0 aliphatic carbocycles. The average Bonchev–Trinajstić information content (AvgIpc) is 2.69. The number of fused-ring (bicyclic) bond motifs is 1. The SMILES string of the molecule is CC.CC(C)c1ccc(COCc2cccc3c(C=O)cccc23)cc1. The van der Waals surface area contributed by atoms with Crippen LogP contribution in [-0.2, 0) is 18.0 Å². The minimum absolute atomic E-state index is 0.533. The Labute approximate surface area is 156 Å². The zero-order valence-electron chi connectivity index (χ0n) is 16.2. The Kier molecular flexibility index (Phi) is 7.55. The quantitative estimate of drug-likeness (QED) is 0.474. The first-order valence-corrected chi connectivity index (χ1v) is 9.31. The summed E-state index contributed by atoms with van der Waals surface area (Å²) in [6.07, 6.45) is 0.906. The molecule has 0 amide bonds. The van der Waals surface area contributed by atoms with Gasteiger partial charge in [0.25, 0.3) is 0 Å². The van der Waals surface area contributed by atoms with Crippen molar-refractivity contribution in [1.82, 2.24) is 0 Å². The molecule has 2 heteroatoms. The van der Waals surface area contributed by atoms with E-state index in [0.717, 1.165) is 28.2 Å². The standard InChI is InChI=1S/C22H22O2.C2H6/c1-16(2)18-11-9-17(10-12-18)14-24-15-20-6-4-7-21-19(13-23)5-3-8-22(20)21;1-2/h3-13,16H,14-15H2,1-2H3;1-2H3. The normalized spacial score (nSPS) is 10.5. The molecule has 0 atom stereocenters. The zero-order valence-corrected chi connectivity index (χ0v) is 16.2. The van der Waals surface area contributed by atoms with E-state index in [4.69, 9.17) is 4.74 Å². The molecule has 0 radical (unpaired) electrons. The molecule has 0 bridgehead atoms. The number of ether oxygens (including phenoxy) is 1. The lowest BCUT2D eigenvalue weighted by molar-refractivity contribution is 0.108. The minimum Gasteiger partial charge on any atom is -0.372 e. The summed E-state index contributed by atoms with van der Waals surface area (Å²) in [4.78, 5) is 11.2. The van der Waals surface area contributed by atoms with Gasteiger partial charge < -0.3 is 4.74 Å². The second-order valence-electron chi connectivity index (χ2n) is 6.37. The number of benzene rings is 3. The zero-order chi connectivity index (χ0) is 18.9. The molecule has 3 aromatic rings. The Bertz CT molecular complexity index is 832. The maximum atomic E-state index is 11.2. The summed E-state index contributed by atoms with van der Waals surface area (Å²) in [5, 5.41) is 2.06. The molecular weight excluding hydrogens is 320 g/mol. The fraction of sp³-hybridized carbons (Fsp3) is 0.292. The summed E-state index contributed by atoms with van der Waals surface area (Å²) in [6, 6.07) is 20.4. The third kappa shape index (κ3) is 4.80. The van der Waals surface area contributed by atoms with Crippen LogP contribution in [0.2, 0.25) is 0 Å². The molecule has 0 spiro atoms. The van der Waals surface area contributed by atoms with Gasteiger partial charge in [-0.3, -0.25) is 4.79 Å². The van der Waals surface area contributed by atoms with E-state index in [1.54, 1.807) is 0 Å². The first-order chi connectivity index (χ1) is 12.7. The van der Waals surface area contributed by atoms with Crippen molar-refractivity contribution in [2.75, 3.05) is 0 Å². The minimum atomic E-state index is 0.533. The highest BCUT2D eigenvalue weighted by Gasteiger charge is 2.05. The molecule has 0 unspecified atom stereocenters. The van der Waals surface area contributed by atoms with Crippen LogP contribution in [0, 0.1) is 0 Å². The molecule has 0 saturated heterocycles. The van der Waals surface area contributed by atoms with Crippen LogP contribution in [0.15, 0.2) is 60.7 Å². The van der Waals surface area contributed by atoms with E-state index >= 15 is 0 Å². The first kappa shape index (κ1) is 19.9. The number of hydrogen-bond donors (Lipinski definition) is 0. The fourth-order valence-corrected chi connectivity index (χ4v) is 2.91. The van der Waals surface area contributed by atoms with Crippen LogP contribution in [0.3, 0.4) is 0 Å². The van der Waals surface area contributed by atoms with Crippen molar-refractivity contribution in [1.29, 1.82) is 0 Å². The molecule has 0 aliphatic rings. The summed E-state index contributed by atoms with van der Waals surface area (Å²) in [5.41, 5.74) is 4.34. The van der Waals surface area contributed by atoms with Crippen LogP contribution in [0.1, 0.15) is 60.7 Å². The summed E-state index contributed by atoms with van der Waals surface area (Å²) in [5.74, 6) is 0.544. The Morgan fingerprint density at radius 3 is 2.15 bits per heavy atom. The highest BCUT2D eigenvalue weighted by Crippen LogP contribution is 2.23. The number of aldehydes is 1. The van der Waals surface area contributed by atoms with Crippen molar-refractivity contribution in [3.8, 4) is 0 Å². The smallest absolute Gasteiger partial charge is 0.150 e. The maximum Gasteiger partial charge on any atom is 0.150 e. The molecule has 26 heavy (non-hydrogen) atoms. The number of carbonyl (C=O) groups is 1. The van der Waals surface area contributed by atoms with Gasteiger partial charge in [-0.25, -0.2) is 0 Å².